The number of nitrogens with one attached hydrogen (secondary N) is 1. The van der Waals surface area contributed by atoms with Gasteiger partial charge in [-0.25, -0.2) is 4.39 Å². The Morgan fingerprint density at radius 2 is 2.11 bits per heavy atom. The van der Waals surface area contributed by atoms with Gasteiger partial charge in [0.25, 0.3) is 0 Å². The number of hydrogen-bond donors (Lipinski definition) is 1. The first-order valence-corrected chi connectivity index (χ1v) is 8.14. The van der Waals surface area contributed by atoms with Crippen LogP contribution in [0.3, 0.4) is 0 Å². The highest BCUT2D eigenvalue weighted by Gasteiger charge is 2.25. The van der Waals surface area contributed by atoms with Crippen molar-refractivity contribution < 1.29 is 4.39 Å². The Bertz CT molecular complexity index is 402. The Kier molecular flexibility index (Phi) is 5.83. The van der Waals surface area contributed by atoms with E-state index in [2.05, 4.69) is 28.2 Å². The Morgan fingerprint density at radius 1 is 1.37 bits per heavy atom. The lowest BCUT2D eigenvalue weighted by Gasteiger charge is -2.24. The van der Waals surface area contributed by atoms with Gasteiger partial charge in [0.15, 0.2) is 0 Å². The molecule has 0 aliphatic heterocycles. The van der Waals surface area contributed by atoms with Gasteiger partial charge in [-0.1, -0.05) is 48.5 Å². The van der Waals surface area contributed by atoms with Crippen LogP contribution >= 0.6 is 15.9 Å². The van der Waals surface area contributed by atoms with Gasteiger partial charge < -0.3 is 5.32 Å². The van der Waals surface area contributed by atoms with E-state index < -0.39 is 0 Å². The summed E-state index contributed by atoms with van der Waals surface area (Å²) in [6, 6.07) is 5.02. The Morgan fingerprint density at radius 3 is 2.79 bits per heavy atom. The molecule has 0 saturated heterocycles. The summed E-state index contributed by atoms with van der Waals surface area (Å²) >= 11 is 3.55. The molecule has 0 bridgehead atoms. The molecule has 1 N–H and O–H groups in total. The van der Waals surface area contributed by atoms with Crippen LogP contribution in [-0.2, 0) is 6.42 Å². The topological polar surface area (TPSA) is 12.0 Å². The van der Waals surface area contributed by atoms with E-state index >= 15 is 0 Å². The van der Waals surface area contributed by atoms with Gasteiger partial charge in [0.05, 0.1) is 0 Å². The molecule has 0 radical (unpaired) electrons. The summed E-state index contributed by atoms with van der Waals surface area (Å²) in [6.07, 6.45) is 6.36. The first-order chi connectivity index (χ1) is 9.20. The van der Waals surface area contributed by atoms with Gasteiger partial charge in [-0.05, 0) is 55.1 Å². The zero-order chi connectivity index (χ0) is 13.7. The highest BCUT2D eigenvalue weighted by molar-refractivity contribution is 9.10. The van der Waals surface area contributed by atoms with Crippen LogP contribution in [-0.4, -0.2) is 13.1 Å². The summed E-state index contributed by atoms with van der Waals surface area (Å²) in [5.74, 6) is 1.29. The van der Waals surface area contributed by atoms with Gasteiger partial charge in [0.1, 0.15) is 5.82 Å². The summed E-state index contributed by atoms with van der Waals surface area (Å²) in [5, 5.41) is 3.47. The van der Waals surface area contributed by atoms with E-state index in [0.29, 0.717) is 5.92 Å². The van der Waals surface area contributed by atoms with Crippen molar-refractivity contribution >= 4 is 15.9 Å². The van der Waals surface area contributed by atoms with Crippen molar-refractivity contribution in [3.63, 3.8) is 0 Å². The van der Waals surface area contributed by atoms with Crippen LogP contribution in [0.2, 0.25) is 0 Å². The third-order valence-electron chi connectivity index (χ3n) is 4.21. The average molecular weight is 328 g/mol. The van der Waals surface area contributed by atoms with Gasteiger partial charge in [-0.3, -0.25) is 0 Å². The Hall–Kier alpha value is -0.410. The second kappa shape index (κ2) is 7.39. The lowest BCUT2D eigenvalue weighted by atomic mass is 9.85. The van der Waals surface area contributed by atoms with E-state index in [-0.39, 0.29) is 5.82 Å². The van der Waals surface area contributed by atoms with Gasteiger partial charge in [-0.15, -0.1) is 0 Å². The van der Waals surface area contributed by atoms with E-state index in [0.717, 1.165) is 35.5 Å². The van der Waals surface area contributed by atoms with Crippen LogP contribution in [0, 0.1) is 17.7 Å². The lowest BCUT2D eigenvalue weighted by Crippen LogP contribution is -2.29. The third-order valence-corrected chi connectivity index (χ3v) is 4.99. The highest BCUT2D eigenvalue weighted by atomic mass is 79.9. The van der Waals surface area contributed by atoms with Crippen molar-refractivity contribution in [3.8, 4) is 0 Å². The van der Waals surface area contributed by atoms with E-state index in [1.54, 1.807) is 6.07 Å². The molecule has 1 aliphatic rings. The minimum absolute atomic E-state index is 0.133. The number of rotatable bonds is 6. The van der Waals surface area contributed by atoms with Crippen molar-refractivity contribution in [2.75, 3.05) is 13.1 Å². The molecular formula is C16H23BrFN. The normalized spacial score (nSPS) is 17.8. The van der Waals surface area contributed by atoms with E-state index in [1.807, 2.05) is 6.07 Å². The van der Waals surface area contributed by atoms with Crippen LogP contribution in [0.4, 0.5) is 4.39 Å². The van der Waals surface area contributed by atoms with Crippen LogP contribution in [0.25, 0.3) is 0 Å². The molecule has 2 rings (SSSR count). The molecule has 106 valence electrons. The molecule has 0 aromatic heterocycles. The Labute approximate surface area is 124 Å². The first kappa shape index (κ1) is 15.0. The molecule has 0 amide bonds. The molecule has 0 heterocycles. The second-order valence-electron chi connectivity index (χ2n) is 5.55. The van der Waals surface area contributed by atoms with Crippen molar-refractivity contribution in [3.05, 3.63) is 34.1 Å². The minimum atomic E-state index is -0.133. The van der Waals surface area contributed by atoms with E-state index in [9.17, 15) is 4.39 Å². The summed E-state index contributed by atoms with van der Waals surface area (Å²) in [7, 11) is 0. The fourth-order valence-corrected chi connectivity index (χ4v) is 3.55. The van der Waals surface area contributed by atoms with Crippen molar-refractivity contribution in [2.24, 2.45) is 11.8 Å². The van der Waals surface area contributed by atoms with E-state index in [1.165, 1.54) is 31.7 Å². The smallest absolute Gasteiger partial charge is 0.123 e. The standard InChI is InChI=1S/C16H23BrFN/c1-2-19-11-14(12-5-3-4-6-12)9-13-10-15(18)7-8-16(13)17/h7-8,10,12,14,19H,2-6,9,11H2,1H3. The predicted octanol–water partition coefficient (Wildman–Crippen LogP) is 4.55. The molecule has 1 nitrogen and oxygen atoms in total. The Balaban J connectivity index is 2.07. The molecule has 1 aliphatic carbocycles. The zero-order valence-electron chi connectivity index (χ0n) is 11.6. The molecule has 1 aromatic carbocycles. The monoisotopic (exact) mass is 327 g/mol. The first-order valence-electron chi connectivity index (χ1n) is 7.35. The maximum absolute atomic E-state index is 13.4. The van der Waals surface area contributed by atoms with Crippen LogP contribution in [0.5, 0.6) is 0 Å². The van der Waals surface area contributed by atoms with E-state index in [4.69, 9.17) is 0 Å². The summed E-state index contributed by atoms with van der Waals surface area (Å²) in [6.45, 7) is 4.20. The number of benzene rings is 1. The third kappa shape index (κ3) is 4.28. The molecular weight excluding hydrogens is 305 g/mol. The van der Waals surface area contributed by atoms with Gasteiger partial charge in [-0.2, -0.15) is 0 Å². The quantitative estimate of drug-likeness (QED) is 0.808. The van der Waals surface area contributed by atoms with Gasteiger partial charge in [0, 0.05) is 4.47 Å². The van der Waals surface area contributed by atoms with Gasteiger partial charge >= 0.3 is 0 Å². The molecule has 0 spiro atoms. The van der Waals surface area contributed by atoms with Crippen LogP contribution < -0.4 is 5.32 Å². The summed E-state index contributed by atoms with van der Waals surface area (Å²) in [4.78, 5) is 0. The van der Waals surface area contributed by atoms with Crippen LogP contribution in [0.15, 0.2) is 22.7 Å². The predicted molar refractivity (Wildman–Crippen MR) is 81.8 cm³/mol. The molecule has 1 unspecified atom stereocenters. The van der Waals surface area contributed by atoms with Crippen molar-refractivity contribution in [1.82, 2.24) is 5.32 Å². The maximum Gasteiger partial charge on any atom is 0.123 e. The molecule has 1 fully saturated rings. The summed E-state index contributed by atoms with van der Waals surface area (Å²) in [5.41, 5.74) is 1.11. The van der Waals surface area contributed by atoms with Crippen molar-refractivity contribution in [1.29, 1.82) is 0 Å². The molecule has 1 aromatic rings. The second-order valence-corrected chi connectivity index (χ2v) is 6.41. The highest BCUT2D eigenvalue weighted by Crippen LogP contribution is 2.34. The molecule has 19 heavy (non-hydrogen) atoms. The fraction of sp³-hybridized carbons (Fsp3) is 0.625. The molecule has 3 heteroatoms. The van der Waals surface area contributed by atoms with Crippen molar-refractivity contribution in [2.45, 2.75) is 39.0 Å². The fourth-order valence-electron chi connectivity index (χ4n) is 3.15. The maximum atomic E-state index is 13.4. The van der Waals surface area contributed by atoms with Gasteiger partial charge in [0.2, 0.25) is 0 Å². The lowest BCUT2D eigenvalue weighted by molar-refractivity contribution is 0.322. The number of hydrogen-bond acceptors (Lipinski definition) is 1. The summed E-state index contributed by atoms with van der Waals surface area (Å²) < 4.78 is 14.4. The minimum Gasteiger partial charge on any atom is -0.317 e. The number of halogens is 2. The molecule has 1 saturated carbocycles. The SMILES string of the molecule is CCNCC(Cc1cc(F)ccc1Br)C1CCCC1. The zero-order valence-corrected chi connectivity index (χ0v) is 13.2. The largest absolute Gasteiger partial charge is 0.317 e. The molecule has 1 atom stereocenters. The average Bonchev–Trinajstić information content (AvgIpc) is 2.92. The van der Waals surface area contributed by atoms with Crippen LogP contribution in [0.1, 0.15) is 38.2 Å².